The van der Waals surface area contributed by atoms with E-state index in [0.717, 1.165) is 12.1 Å². The smallest absolute Gasteiger partial charge is 0.207 e. The first-order chi connectivity index (χ1) is 12.2. The molecule has 2 aromatic rings. The minimum atomic E-state index is -6.78. The first-order valence-electron chi connectivity index (χ1n) is 6.73. The Morgan fingerprint density at radius 3 is 2.07 bits per heavy atom. The predicted molar refractivity (Wildman–Crippen MR) is 78.0 cm³/mol. The Balaban J connectivity index is 2.46. The van der Waals surface area contributed by atoms with Gasteiger partial charge in [0.25, 0.3) is 0 Å². The van der Waals surface area contributed by atoms with Gasteiger partial charge in [0.1, 0.15) is 11.6 Å². The molecule has 3 rings (SSSR count). The summed E-state index contributed by atoms with van der Waals surface area (Å²) in [6.45, 7) is 0. The molecule has 0 fully saturated rings. The van der Waals surface area contributed by atoms with Crippen LogP contribution in [-0.4, -0.2) is 19.4 Å². The molecule has 13 heteroatoms. The maximum atomic E-state index is 14.3. The minimum Gasteiger partial charge on any atom is -0.207 e. The Morgan fingerprint density at radius 1 is 0.889 bits per heavy atom. The Hall–Kier alpha value is -1.86. The molecule has 0 amide bonds. The Bertz CT molecular complexity index is 1030. The van der Waals surface area contributed by atoms with Crippen LogP contribution >= 0.6 is 10.3 Å². The van der Waals surface area contributed by atoms with Crippen molar-refractivity contribution < 1.29 is 47.2 Å². The van der Waals surface area contributed by atoms with Crippen molar-refractivity contribution in [1.82, 2.24) is 0 Å². The maximum Gasteiger partial charge on any atom is 0.523 e. The molecule has 1 atom stereocenters. The van der Waals surface area contributed by atoms with Crippen LogP contribution in [0.15, 0.2) is 46.2 Å². The average molecular weight is 438 g/mol. The third-order valence-electron chi connectivity index (χ3n) is 3.60. The molecule has 0 radical (unpaired) electrons. The molecule has 0 saturated carbocycles. The summed E-state index contributed by atoms with van der Waals surface area (Å²) in [5, 5.41) is 0. The molecule has 1 heterocycles. The van der Waals surface area contributed by atoms with Gasteiger partial charge in [0.15, 0.2) is 0 Å². The topological polar surface area (TPSA) is 43.4 Å². The van der Waals surface area contributed by atoms with Crippen LogP contribution in [0.4, 0.5) is 35.1 Å². The van der Waals surface area contributed by atoms with Crippen LogP contribution in [0, 0.1) is 11.6 Å². The Morgan fingerprint density at radius 2 is 1.52 bits per heavy atom. The molecule has 1 aliphatic rings. The van der Waals surface area contributed by atoms with Gasteiger partial charge in [0.2, 0.25) is 0 Å². The Labute approximate surface area is 148 Å². The van der Waals surface area contributed by atoms with Gasteiger partial charge in [0, 0.05) is 26.3 Å². The molecule has 0 aromatic heterocycles. The molecule has 148 valence electrons. The fourth-order valence-electron chi connectivity index (χ4n) is 2.61. The number of alkyl halides is 6. The van der Waals surface area contributed by atoms with Gasteiger partial charge in [0.05, 0.1) is 4.90 Å². The molecule has 1 unspecified atom stereocenters. The van der Waals surface area contributed by atoms with E-state index in [2.05, 4.69) is 3.63 Å². The van der Waals surface area contributed by atoms with E-state index in [9.17, 15) is 43.5 Å². The first-order valence-corrected chi connectivity index (χ1v) is 9.69. The van der Waals surface area contributed by atoms with Crippen molar-refractivity contribution in [3.05, 3.63) is 48.0 Å². The van der Waals surface area contributed by atoms with E-state index in [1.807, 2.05) is 0 Å². The second-order valence-corrected chi connectivity index (χ2v) is 9.57. The molecule has 0 spiro atoms. The van der Waals surface area contributed by atoms with Crippen molar-refractivity contribution in [3.63, 3.8) is 0 Å². The molecular formula is C14H6F8O3S2. The minimum absolute atomic E-state index is 0.443. The molecule has 2 aromatic carbocycles. The van der Waals surface area contributed by atoms with E-state index in [-0.39, 0.29) is 0 Å². The van der Waals surface area contributed by atoms with Gasteiger partial charge in [-0.3, -0.25) is 0 Å². The van der Waals surface area contributed by atoms with E-state index in [1.165, 1.54) is 0 Å². The summed E-state index contributed by atoms with van der Waals surface area (Å²) in [4.78, 5) is -2.50. The number of hydrogen-bond acceptors (Lipinski definition) is 3. The molecule has 1 aliphatic heterocycles. The number of hydrogen-bond donors (Lipinski definition) is 0. The molecule has 0 saturated heterocycles. The van der Waals surface area contributed by atoms with Crippen molar-refractivity contribution in [2.24, 2.45) is 0 Å². The third-order valence-corrected chi connectivity index (χ3v) is 8.31. The van der Waals surface area contributed by atoms with Crippen LogP contribution in [0.5, 0.6) is 0 Å². The van der Waals surface area contributed by atoms with E-state index in [1.54, 1.807) is 0 Å². The zero-order valence-corrected chi connectivity index (χ0v) is 14.2. The summed E-state index contributed by atoms with van der Waals surface area (Å²) in [6, 6.07) is 3.84. The summed E-state index contributed by atoms with van der Waals surface area (Å²) in [7, 11) is -12.3. The highest BCUT2D eigenvalue weighted by molar-refractivity contribution is 8.34. The highest BCUT2D eigenvalue weighted by atomic mass is 32.3. The third kappa shape index (κ3) is 2.79. The van der Waals surface area contributed by atoms with Crippen molar-refractivity contribution in [1.29, 1.82) is 0 Å². The molecular weight excluding hydrogens is 432 g/mol. The van der Waals surface area contributed by atoms with Crippen LogP contribution in [-0.2, 0) is 13.7 Å². The number of rotatable bonds is 2. The second kappa shape index (κ2) is 5.82. The zero-order valence-electron chi connectivity index (χ0n) is 12.5. The largest absolute Gasteiger partial charge is 0.523 e. The normalized spacial score (nSPS) is 22.1. The second-order valence-electron chi connectivity index (χ2n) is 5.23. The lowest BCUT2D eigenvalue weighted by atomic mass is 10.1. The van der Waals surface area contributed by atoms with Gasteiger partial charge in [-0.15, -0.1) is 0 Å². The van der Waals surface area contributed by atoms with Gasteiger partial charge in [-0.1, -0.05) is 12.1 Å². The molecule has 0 aliphatic carbocycles. The fourth-order valence-corrected chi connectivity index (χ4v) is 7.14. The van der Waals surface area contributed by atoms with Crippen molar-refractivity contribution >= 4 is 20.4 Å². The number of benzene rings is 2. The van der Waals surface area contributed by atoms with Crippen molar-refractivity contribution in [2.45, 2.75) is 20.8 Å². The van der Waals surface area contributed by atoms with Crippen LogP contribution in [0.1, 0.15) is 0 Å². The van der Waals surface area contributed by atoms with Crippen molar-refractivity contribution in [2.75, 3.05) is 0 Å². The molecule has 0 bridgehead atoms. The number of fused-ring (bicyclic) bond motifs is 3. The van der Waals surface area contributed by atoms with Gasteiger partial charge in [-0.05, 0) is 24.3 Å². The molecule has 0 N–H and O–H groups in total. The highest BCUT2D eigenvalue weighted by Crippen LogP contribution is 2.81. The van der Waals surface area contributed by atoms with Crippen LogP contribution in [0.3, 0.4) is 0 Å². The standard InChI is InChI=1S/C14H6F8O3S2/c15-7-4-5-11-9(6-7)8-2-1-3-10(16)12(8)26(11,13(17,18)19)25-27(23,24)14(20,21)22/h1-6H. The van der Waals surface area contributed by atoms with Gasteiger partial charge < -0.3 is 0 Å². The van der Waals surface area contributed by atoms with Crippen LogP contribution in [0.25, 0.3) is 11.1 Å². The summed E-state index contributed by atoms with van der Waals surface area (Å²) in [6.07, 6.45) is 0. The lowest BCUT2D eigenvalue weighted by Crippen LogP contribution is -2.32. The lowest BCUT2D eigenvalue weighted by Gasteiger charge is -2.37. The molecule has 3 nitrogen and oxygen atoms in total. The van der Waals surface area contributed by atoms with Crippen LogP contribution < -0.4 is 0 Å². The van der Waals surface area contributed by atoms with E-state index < -0.39 is 64.0 Å². The van der Waals surface area contributed by atoms with Gasteiger partial charge >= 0.3 is 21.1 Å². The predicted octanol–water partition coefficient (Wildman–Crippen LogP) is 5.47. The zero-order chi connectivity index (χ0) is 20.4. The summed E-state index contributed by atoms with van der Waals surface area (Å²) in [5.74, 6) is -2.69. The summed E-state index contributed by atoms with van der Waals surface area (Å²) < 4.78 is 135. The van der Waals surface area contributed by atoms with E-state index in [4.69, 9.17) is 0 Å². The average Bonchev–Trinajstić information content (AvgIpc) is 2.77. The summed E-state index contributed by atoms with van der Waals surface area (Å²) >= 11 is 0. The monoisotopic (exact) mass is 438 g/mol. The van der Waals surface area contributed by atoms with Gasteiger partial charge in [-0.25, -0.2) is 8.78 Å². The fraction of sp³-hybridized carbons (Fsp3) is 0.143. The quantitative estimate of drug-likeness (QED) is 0.462. The lowest BCUT2D eigenvalue weighted by molar-refractivity contribution is -0.0551. The summed E-state index contributed by atoms with van der Waals surface area (Å²) in [5.41, 5.74) is -13.2. The van der Waals surface area contributed by atoms with Gasteiger partial charge in [-0.2, -0.15) is 38.4 Å². The van der Waals surface area contributed by atoms with Crippen molar-refractivity contribution in [3.8, 4) is 11.1 Å². The SMILES string of the molecule is O=S(=O)(OS1(C(F)(F)F)c2ccc(F)cc2-c2cccc(F)c21)C(F)(F)F. The molecule has 27 heavy (non-hydrogen) atoms. The highest BCUT2D eigenvalue weighted by Gasteiger charge is 2.65. The Kier molecular flexibility index (Phi) is 4.28. The van der Waals surface area contributed by atoms with Crippen LogP contribution in [0.2, 0.25) is 0 Å². The van der Waals surface area contributed by atoms with E-state index in [0.29, 0.717) is 24.3 Å². The van der Waals surface area contributed by atoms with E-state index >= 15 is 0 Å². The maximum absolute atomic E-state index is 14.3. The first kappa shape index (κ1) is 19.9. The number of halogens is 8.